The van der Waals surface area contributed by atoms with Crippen LogP contribution in [-0.4, -0.2) is 37.2 Å². The zero-order valence-electron chi connectivity index (χ0n) is 12.2. The van der Waals surface area contributed by atoms with E-state index in [1.54, 1.807) is 7.05 Å². The number of nitrogens with zero attached hydrogens (tertiary/aromatic N) is 2. The maximum Gasteiger partial charge on any atom is 0.282 e. The number of unbranched alkanes of at least 4 members (excludes halogenated alkanes) is 1. The molecule has 0 unspecified atom stereocenters. The number of fused-ring (bicyclic) bond motifs is 1. The summed E-state index contributed by atoms with van der Waals surface area (Å²) in [5.74, 6) is 0. The van der Waals surface area contributed by atoms with E-state index in [0.717, 1.165) is 30.4 Å². The normalized spacial score (nSPS) is 16.4. The number of nitrogens with two attached hydrogens (primary N) is 1. The Bertz CT molecular complexity index is 572. The Morgan fingerprint density at radius 1 is 1.40 bits per heavy atom. The van der Waals surface area contributed by atoms with Crippen LogP contribution in [0.5, 0.6) is 0 Å². The fourth-order valence-corrected chi connectivity index (χ4v) is 3.84. The van der Waals surface area contributed by atoms with Gasteiger partial charge in [0.25, 0.3) is 10.2 Å². The lowest BCUT2D eigenvalue weighted by Gasteiger charge is -2.32. The Morgan fingerprint density at radius 2 is 2.15 bits per heavy atom. The summed E-state index contributed by atoms with van der Waals surface area (Å²) in [6, 6.07) is 5.78. The monoisotopic (exact) mass is 297 g/mol. The van der Waals surface area contributed by atoms with Crippen LogP contribution in [-0.2, 0) is 23.2 Å². The van der Waals surface area contributed by atoms with Crippen LogP contribution in [0.15, 0.2) is 18.2 Å². The van der Waals surface area contributed by atoms with Gasteiger partial charge in [-0.15, -0.1) is 0 Å². The maximum absolute atomic E-state index is 12.5. The zero-order valence-corrected chi connectivity index (χ0v) is 13.0. The van der Waals surface area contributed by atoms with E-state index < -0.39 is 10.2 Å². The van der Waals surface area contributed by atoms with Gasteiger partial charge in [0.2, 0.25) is 0 Å². The molecule has 5 nitrogen and oxygen atoms in total. The van der Waals surface area contributed by atoms with Gasteiger partial charge in [0.05, 0.1) is 0 Å². The van der Waals surface area contributed by atoms with Crippen molar-refractivity contribution >= 4 is 15.9 Å². The van der Waals surface area contributed by atoms with Gasteiger partial charge < -0.3 is 5.73 Å². The van der Waals surface area contributed by atoms with E-state index in [1.807, 2.05) is 18.2 Å². The van der Waals surface area contributed by atoms with E-state index in [1.165, 1.54) is 8.61 Å². The molecular weight excluding hydrogens is 274 g/mol. The van der Waals surface area contributed by atoms with E-state index in [4.69, 9.17) is 5.73 Å². The molecule has 1 heterocycles. The molecule has 1 aromatic carbocycles. The van der Waals surface area contributed by atoms with Gasteiger partial charge in [0.1, 0.15) is 0 Å². The lowest BCUT2D eigenvalue weighted by Crippen LogP contribution is -2.44. The van der Waals surface area contributed by atoms with Crippen LogP contribution in [0.25, 0.3) is 0 Å². The third kappa shape index (κ3) is 2.97. The topological polar surface area (TPSA) is 66.6 Å². The summed E-state index contributed by atoms with van der Waals surface area (Å²) in [6.07, 6.45) is 2.58. The van der Waals surface area contributed by atoms with Crippen LogP contribution >= 0.6 is 0 Å². The smallest absolute Gasteiger partial charge is 0.282 e. The molecule has 0 bridgehead atoms. The second-order valence-electron chi connectivity index (χ2n) is 5.25. The summed E-state index contributed by atoms with van der Waals surface area (Å²) >= 11 is 0. The molecule has 20 heavy (non-hydrogen) atoms. The minimum atomic E-state index is -3.38. The highest BCUT2D eigenvalue weighted by molar-refractivity contribution is 7.86. The van der Waals surface area contributed by atoms with Crippen molar-refractivity contribution in [3.05, 3.63) is 29.3 Å². The van der Waals surface area contributed by atoms with E-state index in [9.17, 15) is 8.42 Å². The van der Waals surface area contributed by atoms with Gasteiger partial charge in [-0.3, -0.25) is 0 Å². The van der Waals surface area contributed by atoms with Gasteiger partial charge in [-0.2, -0.15) is 17.0 Å². The Morgan fingerprint density at radius 3 is 2.85 bits per heavy atom. The van der Waals surface area contributed by atoms with Crippen LogP contribution in [0.4, 0.5) is 5.69 Å². The Hall–Kier alpha value is -1.11. The third-order valence-corrected chi connectivity index (χ3v) is 5.76. The van der Waals surface area contributed by atoms with Gasteiger partial charge >= 0.3 is 0 Å². The molecule has 0 aromatic heterocycles. The molecule has 0 spiro atoms. The van der Waals surface area contributed by atoms with E-state index in [-0.39, 0.29) is 0 Å². The van der Waals surface area contributed by atoms with Crippen molar-refractivity contribution in [1.82, 2.24) is 8.61 Å². The molecule has 0 saturated carbocycles. The highest BCUT2D eigenvalue weighted by Crippen LogP contribution is 2.26. The van der Waals surface area contributed by atoms with Crippen molar-refractivity contribution in [3.63, 3.8) is 0 Å². The highest BCUT2D eigenvalue weighted by Gasteiger charge is 2.30. The fraction of sp³-hybridized carbons (Fsp3) is 0.571. The zero-order chi connectivity index (χ0) is 14.8. The minimum absolute atomic E-state index is 0.376. The number of hydrogen-bond donors (Lipinski definition) is 1. The van der Waals surface area contributed by atoms with Crippen LogP contribution < -0.4 is 5.73 Å². The van der Waals surface area contributed by atoms with Gasteiger partial charge in [0.15, 0.2) is 0 Å². The second-order valence-corrected chi connectivity index (χ2v) is 7.29. The number of rotatable bonds is 5. The first kappa shape index (κ1) is 15.3. The molecule has 2 rings (SSSR count). The molecule has 1 aromatic rings. The fourth-order valence-electron chi connectivity index (χ4n) is 2.47. The number of benzene rings is 1. The van der Waals surface area contributed by atoms with E-state index in [0.29, 0.717) is 25.3 Å². The summed E-state index contributed by atoms with van der Waals surface area (Å²) in [5, 5.41) is 0. The summed E-state index contributed by atoms with van der Waals surface area (Å²) < 4.78 is 28.0. The second kappa shape index (κ2) is 6.11. The molecule has 1 aliphatic rings. The molecule has 0 saturated heterocycles. The molecular formula is C14H23N3O2S. The summed E-state index contributed by atoms with van der Waals surface area (Å²) in [7, 11) is -1.73. The molecule has 0 atom stereocenters. The Balaban J connectivity index is 2.18. The van der Waals surface area contributed by atoms with Crippen molar-refractivity contribution in [1.29, 1.82) is 0 Å². The minimum Gasteiger partial charge on any atom is -0.398 e. The van der Waals surface area contributed by atoms with Gasteiger partial charge in [0, 0.05) is 32.4 Å². The van der Waals surface area contributed by atoms with Crippen molar-refractivity contribution in [2.24, 2.45) is 0 Å². The van der Waals surface area contributed by atoms with Crippen LogP contribution in [0.3, 0.4) is 0 Å². The summed E-state index contributed by atoms with van der Waals surface area (Å²) in [5.41, 5.74) is 8.76. The van der Waals surface area contributed by atoms with Crippen molar-refractivity contribution < 1.29 is 8.42 Å². The first-order valence-electron chi connectivity index (χ1n) is 7.04. The first-order valence-corrected chi connectivity index (χ1v) is 8.44. The molecule has 2 N–H and O–H groups in total. The quantitative estimate of drug-likeness (QED) is 0.840. The van der Waals surface area contributed by atoms with Gasteiger partial charge in [-0.25, -0.2) is 0 Å². The molecule has 0 radical (unpaired) electrons. The van der Waals surface area contributed by atoms with E-state index >= 15 is 0 Å². The van der Waals surface area contributed by atoms with Crippen LogP contribution in [0.1, 0.15) is 30.9 Å². The predicted octanol–water partition coefficient (Wildman–Crippen LogP) is 1.60. The van der Waals surface area contributed by atoms with Crippen molar-refractivity contribution in [3.8, 4) is 0 Å². The van der Waals surface area contributed by atoms with Crippen LogP contribution in [0.2, 0.25) is 0 Å². The average Bonchev–Trinajstić information content (AvgIpc) is 2.44. The lowest BCUT2D eigenvalue weighted by molar-refractivity contribution is 0.343. The van der Waals surface area contributed by atoms with Gasteiger partial charge in [-0.05, 0) is 30.0 Å². The van der Waals surface area contributed by atoms with Crippen LogP contribution in [0, 0.1) is 0 Å². The van der Waals surface area contributed by atoms with E-state index in [2.05, 4.69) is 6.92 Å². The number of hydrogen-bond acceptors (Lipinski definition) is 3. The van der Waals surface area contributed by atoms with Crippen molar-refractivity contribution in [2.45, 2.75) is 32.7 Å². The number of nitrogen functional groups attached to an aromatic ring is 1. The lowest BCUT2D eigenvalue weighted by atomic mass is 10.00. The standard InChI is InChI=1S/C14H23N3O2S/c1-3-4-9-16(2)20(18,19)17-10-8-12-6-5-7-14(15)13(12)11-17/h5-7H,3-4,8-11,15H2,1-2H3. The highest BCUT2D eigenvalue weighted by atomic mass is 32.2. The molecule has 1 aliphatic heterocycles. The summed E-state index contributed by atoms with van der Waals surface area (Å²) in [4.78, 5) is 0. The predicted molar refractivity (Wildman–Crippen MR) is 81.4 cm³/mol. The molecule has 0 fully saturated rings. The number of anilines is 1. The van der Waals surface area contributed by atoms with Crippen molar-refractivity contribution in [2.75, 3.05) is 25.9 Å². The Labute approximate surface area is 121 Å². The Kier molecular flexibility index (Phi) is 4.67. The molecule has 112 valence electrons. The third-order valence-electron chi connectivity index (χ3n) is 3.82. The molecule has 6 heteroatoms. The van der Waals surface area contributed by atoms with Gasteiger partial charge in [-0.1, -0.05) is 25.5 Å². The first-order chi connectivity index (χ1) is 9.46. The SMILES string of the molecule is CCCCN(C)S(=O)(=O)N1CCc2cccc(N)c2C1. The molecule has 0 amide bonds. The average molecular weight is 297 g/mol. The summed E-state index contributed by atoms with van der Waals surface area (Å²) in [6.45, 7) is 3.51. The largest absolute Gasteiger partial charge is 0.398 e. The maximum atomic E-state index is 12.5. The molecule has 0 aliphatic carbocycles.